The minimum absolute atomic E-state index is 0. The van der Waals surface area contributed by atoms with E-state index in [2.05, 4.69) is 11.1 Å². The highest BCUT2D eigenvalue weighted by Crippen LogP contribution is 2.31. The van der Waals surface area contributed by atoms with Crippen LogP contribution in [-0.2, 0) is 28.3 Å². The summed E-state index contributed by atoms with van der Waals surface area (Å²) in [6.07, 6.45) is -0.556. The van der Waals surface area contributed by atoms with Gasteiger partial charge in [0.2, 0.25) is 0 Å². The van der Waals surface area contributed by atoms with E-state index in [9.17, 15) is 9.13 Å². The van der Waals surface area contributed by atoms with Gasteiger partial charge in [0.25, 0.3) is 6.47 Å². The third-order valence-electron chi connectivity index (χ3n) is 0.602. The van der Waals surface area contributed by atoms with Crippen LogP contribution in [-0.4, -0.2) is 69.2 Å². The first-order chi connectivity index (χ1) is 9.45. The van der Waals surface area contributed by atoms with Crippen molar-refractivity contribution in [2.24, 2.45) is 5.73 Å². The van der Waals surface area contributed by atoms with E-state index < -0.39 is 21.5 Å². The molecule has 10 N–H and O–H groups in total. The van der Waals surface area contributed by atoms with Gasteiger partial charge in [0.15, 0.2) is 0 Å². The van der Waals surface area contributed by atoms with Crippen molar-refractivity contribution in [1.82, 2.24) is 5.32 Å². The van der Waals surface area contributed by atoms with Crippen LogP contribution in [0.2, 0.25) is 0 Å². The van der Waals surface area contributed by atoms with Crippen LogP contribution in [0, 0.1) is 0 Å². The Morgan fingerprint density at radius 1 is 1.14 bits per heavy atom. The second-order valence-electron chi connectivity index (χ2n) is 2.21. The molecule has 0 bridgehead atoms. The van der Waals surface area contributed by atoms with Gasteiger partial charge in [-0.2, -0.15) is 9.59 Å². The molecule has 0 saturated carbocycles. The van der Waals surface area contributed by atoms with Gasteiger partial charge in [-0.1, -0.05) is 0 Å². The first-order valence-corrected chi connectivity index (χ1v) is 7.85. The summed E-state index contributed by atoms with van der Waals surface area (Å²) in [6, 6.07) is 0. The van der Waals surface area contributed by atoms with Crippen molar-refractivity contribution in [3.05, 3.63) is 0 Å². The standard InChI is InChI=1S/C2H8NO3P.CH6NO3P.CH2O2.CO2.CH2O.H2O/c1-3-2-7(4,5)6;2-1-6(3,4)5;2*2-1-3;1-2;/h3H,2H2,1H3,(H2,4,5,6);1-2H2,(H2,3,4,5);1H,(H,2,3);;1H2;1H2. The van der Waals surface area contributed by atoms with Gasteiger partial charge < -0.3 is 46.0 Å². The van der Waals surface area contributed by atoms with Crippen LogP contribution in [0.1, 0.15) is 0 Å². The summed E-state index contributed by atoms with van der Waals surface area (Å²) < 4.78 is 19.4. The second-order valence-corrected chi connectivity index (χ2v) is 5.55. The first-order valence-electron chi connectivity index (χ1n) is 4.25. The summed E-state index contributed by atoms with van der Waals surface area (Å²) >= 11 is 0. The lowest BCUT2D eigenvalue weighted by molar-refractivity contribution is -0.191. The number of carbonyl (C=O) groups is 2. The van der Waals surface area contributed by atoms with Gasteiger partial charge in [0.1, 0.15) is 6.79 Å². The Bertz CT molecular complexity index is 333. The predicted octanol–water partition coefficient (Wildman–Crippen LogP) is -3.47. The molecule has 16 heteroatoms. The van der Waals surface area contributed by atoms with Gasteiger partial charge >= 0.3 is 21.3 Å². The lowest BCUT2D eigenvalue weighted by Crippen LogP contribution is -2.07. The lowest BCUT2D eigenvalue weighted by atomic mass is 11.3. The smallest absolute Gasteiger partial charge is 0.373 e. The highest BCUT2D eigenvalue weighted by Gasteiger charge is 2.08. The lowest BCUT2D eigenvalue weighted by Gasteiger charge is -1.98. The number of hydrogen-bond donors (Lipinski definition) is 7. The molecule has 0 amide bonds. The van der Waals surface area contributed by atoms with E-state index in [4.69, 9.17) is 43.9 Å². The molecule has 0 saturated heterocycles. The SMILES string of the molecule is C=O.CNCP(=O)(O)O.NCP(=O)(O)O.O.O=C=O.O=CO. The molecule has 22 heavy (non-hydrogen) atoms. The molecule has 136 valence electrons. The number of nitrogens with one attached hydrogen (secondary N) is 1. The normalized spacial score (nSPS) is 8.09. The Morgan fingerprint density at radius 3 is 1.32 bits per heavy atom. The minimum atomic E-state index is -3.87. The van der Waals surface area contributed by atoms with Crippen molar-refractivity contribution in [1.29, 1.82) is 0 Å². The van der Waals surface area contributed by atoms with Gasteiger partial charge in [0.05, 0.1) is 12.6 Å². The second kappa shape index (κ2) is 27.9. The van der Waals surface area contributed by atoms with Crippen molar-refractivity contribution in [3.63, 3.8) is 0 Å². The highest BCUT2D eigenvalue weighted by molar-refractivity contribution is 7.51. The minimum Gasteiger partial charge on any atom is -0.483 e. The molecule has 0 atom stereocenters. The fraction of sp³-hybridized carbons (Fsp3) is 0.500. The van der Waals surface area contributed by atoms with Crippen LogP contribution in [0.3, 0.4) is 0 Å². The molecule has 0 aromatic heterocycles. The number of hydrogen-bond acceptors (Lipinski definition) is 8. The average molecular weight is 374 g/mol. The third kappa shape index (κ3) is 180. The quantitative estimate of drug-likeness (QED) is 0.187. The molecule has 0 aliphatic carbocycles. The summed E-state index contributed by atoms with van der Waals surface area (Å²) in [5.74, 6) is 0. The average Bonchev–Trinajstić information content (AvgIpc) is 2.32. The number of carboxylic acid groups (broad SMARTS) is 1. The molecule has 14 nitrogen and oxygen atoms in total. The van der Waals surface area contributed by atoms with Crippen LogP contribution in [0.4, 0.5) is 0 Å². The Balaban J connectivity index is -0.0000000389. The van der Waals surface area contributed by atoms with Crippen molar-refractivity contribution >= 4 is 34.6 Å². The van der Waals surface area contributed by atoms with Crippen LogP contribution in [0.15, 0.2) is 0 Å². The zero-order chi connectivity index (χ0) is 18.5. The first kappa shape index (κ1) is 37.2. The summed E-state index contributed by atoms with van der Waals surface area (Å²) in [5, 5.41) is 9.23. The summed E-state index contributed by atoms with van der Waals surface area (Å²) in [5.41, 5.74) is 4.54. The largest absolute Gasteiger partial charge is 0.483 e. The Kier molecular flexibility index (Phi) is 47.2. The van der Waals surface area contributed by atoms with E-state index >= 15 is 0 Å². The van der Waals surface area contributed by atoms with Crippen LogP contribution in [0.25, 0.3) is 0 Å². The molecule has 0 radical (unpaired) electrons. The van der Waals surface area contributed by atoms with E-state index in [0.717, 1.165) is 0 Å². The zero-order valence-corrected chi connectivity index (χ0v) is 13.1. The molecule has 0 heterocycles. The van der Waals surface area contributed by atoms with E-state index in [1.165, 1.54) is 7.05 Å². The van der Waals surface area contributed by atoms with Gasteiger partial charge in [-0.05, 0) is 7.05 Å². The predicted molar refractivity (Wildman–Crippen MR) is 71.5 cm³/mol. The van der Waals surface area contributed by atoms with Crippen molar-refractivity contribution in [3.8, 4) is 0 Å². The Labute approximate surface area is 125 Å². The van der Waals surface area contributed by atoms with Crippen LogP contribution < -0.4 is 11.1 Å². The molecule has 0 aliphatic heterocycles. The highest BCUT2D eigenvalue weighted by atomic mass is 31.2. The maximum Gasteiger partial charge on any atom is 0.373 e. The molecular weight excluding hydrogens is 354 g/mol. The van der Waals surface area contributed by atoms with Gasteiger partial charge in [0, 0.05) is 0 Å². The summed E-state index contributed by atoms with van der Waals surface area (Å²) in [6.45, 7) is 1.75. The van der Waals surface area contributed by atoms with Crippen molar-refractivity contribution in [2.75, 3.05) is 19.6 Å². The van der Waals surface area contributed by atoms with E-state index in [1.54, 1.807) is 0 Å². The maximum atomic E-state index is 9.86. The van der Waals surface area contributed by atoms with Gasteiger partial charge in [-0.25, -0.2) is 0 Å². The number of carbonyl (C=O) groups excluding carboxylic acids is 3. The van der Waals surface area contributed by atoms with E-state index in [1.807, 2.05) is 6.79 Å². The molecule has 0 unspecified atom stereocenters. The zero-order valence-electron chi connectivity index (χ0n) is 11.4. The van der Waals surface area contributed by atoms with Gasteiger partial charge in [-0.3, -0.25) is 13.9 Å². The molecule has 0 aliphatic rings. The molecule has 0 fully saturated rings. The molecule has 0 rings (SSSR count). The molecule has 0 aromatic carbocycles. The van der Waals surface area contributed by atoms with Gasteiger partial charge in [-0.15, -0.1) is 0 Å². The van der Waals surface area contributed by atoms with Crippen molar-refractivity contribution in [2.45, 2.75) is 0 Å². The Hall–Kier alpha value is -1.30. The van der Waals surface area contributed by atoms with E-state index in [0.29, 0.717) is 0 Å². The fourth-order valence-electron chi connectivity index (χ4n) is 0.206. The van der Waals surface area contributed by atoms with Crippen LogP contribution in [0.5, 0.6) is 0 Å². The van der Waals surface area contributed by atoms with Crippen LogP contribution >= 0.6 is 15.2 Å². The molecule has 0 spiro atoms. The third-order valence-corrected chi connectivity index (χ3v) is 1.81. The maximum absolute atomic E-state index is 9.86. The molecular formula is C6H20N2O12P2. The summed E-state index contributed by atoms with van der Waals surface area (Å²) in [4.78, 5) is 64.4. The monoisotopic (exact) mass is 374 g/mol. The van der Waals surface area contributed by atoms with Crippen molar-refractivity contribution < 1.29 is 58.5 Å². The number of rotatable bonds is 3. The summed E-state index contributed by atoms with van der Waals surface area (Å²) in [7, 11) is -6.16. The Morgan fingerprint density at radius 2 is 1.32 bits per heavy atom. The fourth-order valence-corrected chi connectivity index (χ4v) is 0.618. The van der Waals surface area contributed by atoms with E-state index in [-0.39, 0.29) is 24.4 Å². The topological polar surface area (TPSA) is 273 Å². The number of nitrogens with two attached hydrogens (primary N) is 1. The molecule has 0 aromatic rings.